The molecule has 1 aromatic rings. The van der Waals surface area contributed by atoms with E-state index in [1.807, 2.05) is 13.2 Å². The quantitative estimate of drug-likeness (QED) is 0.845. The van der Waals surface area contributed by atoms with Gasteiger partial charge >= 0.3 is 0 Å². The van der Waals surface area contributed by atoms with Gasteiger partial charge in [-0.1, -0.05) is 17.7 Å². The summed E-state index contributed by atoms with van der Waals surface area (Å²) in [6.07, 6.45) is 2.75. The Morgan fingerprint density at radius 3 is 2.89 bits per heavy atom. The Morgan fingerprint density at radius 2 is 2.28 bits per heavy atom. The monoisotopic (exact) mass is 287 g/mol. The molecule has 5 heteroatoms. The molecule has 0 fully saturated rings. The van der Waals surface area contributed by atoms with Crippen molar-refractivity contribution in [3.63, 3.8) is 0 Å². The first kappa shape index (κ1) is 15.3. The third-order valence-corrected chi connectivity index (χ3v) is 3.79. The van der Waals surface area contributed by atoms with Crippen LogP contribution < -0.4 is 5.32 Å². The Bertz CT molecular complexity index is 412. The number of amides is 1. The van der Waals surface area contributed by atoms with E-state index in [1.165, 1.54) is 0 Å². The van der Waals surface area contributed by atoms with Crippen LogP contribution in [0.2, 0.25) is 5.02 Å². The maximum Gasteiger partial charge on any atom is 0.251 e. The predicted octanol–water partition coefficient (Wildman–Crippen LogP) is 2.49. The second-order valence-corrected chi connectivity index (χ2v) is 5.44. The minimum absolute atomic E-state index is 0.0497. The molecule has 0 aliphatic carbocycles. The Morgan fingerprint density at radius 1 is 1.56 bits per heavy atom. The predicted molar refractivity (Wildman–Crippen MR) is 77.5 cm³/mol. The zero-order chi connectivity index (χ0) is 13.5. The zero-order valence-electron chi connectivity index (χ0n) is 10.6. The molecule has 1 aromatic carbocycles. The van der Waals surface area contributed by atoms with Gasteiger partial charge in [-0.25, -0.2) is 0 Å². The summed E-state index contributed by atoms with van der Waals surface area (Å²) in [5.74, 6) is 0.718. The van der Waals surface area contributed by atoms with Gasteiger partial charge in [0.15, 0.2) is 0 Å². The molecule has 0 bridgehead atoms. The minimum atomic E-state index is -0.205. The molecule has 0 saturated carbocycles. The third-order valence-electron chi connectivity index (χ3n) is 2.74. The summed E-state index contributed by atoms with van der Waals surface area (Å²) in [5.41, 5.74) is 1.32. The van der Waals surface area contributed by atoms with E-state index in [1.54, 1.807) is 30.0 Å². The summed E-state index contributed by atoms with van der Waals surface area (Å²) in [5, 5.41) is 12.6. The zero-order valence-corrected chi connectivity index (χ0v) is 12.1. The van der Waals surface area contributed by atoms with Gasteiger partial charge in [0.2, 0.25) is 0 Å². The first-order valence-electron chi connectivity index (χ1n) is 5.76. The summed E-state index contributed by atoms with van der Waals surface area (Å²) in [7, 11) is 0. The highest BCUT2D eigenvalue weighted by Crippen LogP contribution is 2.18. The smallest absolute Gasteiger partial charge is 0.251 e. The van der Waals surface area contributed by atoms with Crippen LogP contribution in [0.4, 0.5) is 0 Å². The van der Waals surface area contributed by atoms with Gasteiger partial charge < -0.3 is 10.4 Å². The maximum atomic E-state index is 12.1. The van der Waals surface area contributed by atoms with E-state index in [4.69, 9.17) is 11.6 Å². The molecule has 3 nitrogen and oxygen atoms in total. The fourth-order valence-corrected chi connectivity index (χ4v) is 2.28. The molecule has 0 saturated heterocycles. The first-order valence-corrected chi connectivity index (χ1v) is 7.53. The molecule has 1 rings (SSSR count). The van der Waals surface area contributed by atoms with Crippen molar-refractivity contribution in [1.29, 1.82) is 0 Å². The van der Waals surface area contributed by atoms with Gasteiger partial charge in [0.1, 0.15) is 0 Å². The molecule has 2 N–H and O–H groups in total. The van der Waals surface area contributed by atoms with Gasteiger partial charge in [0, 0.05) is 10.6 Å². The molecular formula is C13H18ClNO2S. The van der Waals surface area contributed by atoms with E-state index in [0.717, 1.165) is 17.7 Å². The van der Waals surface area contributed by atoms with Crippen LogP contribution in [0.5, 0.6) is 0 Å². The molecule has 0 heterocycles. The maximum absolute atomic E-state index is 12.1. The minimum Gasteiger partial charge on any atom is -0.394 e. The Hall–Kier alpha value is -0.710. The lowest BCUT2D eigenvalue weighted by Gasteiger charge is -2.16. The van der Waals surface area contributed by atoms with Crippen LogP contribution in [-0.2, 0) is 0 Å². The highest BCUT2D eigenvalue weighted by Gasteiger charge is 2.15. The van der Waals surface area contributed by atoms with E-state index in [-0.39, 0.29) is 18.6 Å². The van der Waals surface area contributed by atoms with Crippen LogP contribution in [0.25, 0.3) is 0 Å². The van der Waals surface area contributed by atoms with Gasteiger partial charge in [-0.15, -0.1) is 0 Å². The van der Waals surface area contributed by atoms with E-state index in [0.29, 0.717) is 10.6 Å². The third kappa shape index (κ3) is 4.19. The second-order valence-electron chi connectivity index (χ2n) is 4.05. The Balaban J connectivity index is 2.72. The average Bonchev–Trinajstić information content (AvgIpc) is 2.37. The van der Waals surface area contributed by atoms with E-state index < -0.39 is 0 Å². The molecule has 100 valence electrons. The van der Waals surface area contributed by atoms with Crippen molar-refractivity contribution < 1.29 is 9.90 Å². The summed E-state index contributed by atoms with van der Waals surface area (Å²) in [6.45, 7) is 1.76. The van der Waals surface area contributed by atoms with Crippen molar-refractivity contribution in [3.8, 4) is 0 Å². The molecule has 0 aromatic heterocycles. The molecule has 1 amide bonds. The van der Waals surface area contributed by atoms with Gasteiger partial charge in [0.05, 0.1) is 12.6 Å². The van der Waals surface area contributed by atoms with Crippen molar-refractivity contribution in [3.05, 3.63) is 34.3 Å². The molecule has 0 radical (unpaired) electrons. The standard InChI is InChI=1S/C13H18ClNO2S/c1-9-11(4-3-5-12(9)14)13(17)15-10(8-16)6-7-18-2/h3-5,10,16H,6-8H2,1-2H3,(H,15,17)/t10-/m1/s1. The number of benzene rings is 1. The number of aliphatic hydroxyl groups is 1. The highest BCUT2D eigenvalue weighted by atomic mass is 35.5. The Labute approximate surface area is 117 Å². The molecule has 0 aliphatic heterocycles. The van der Waals surface area contributed by atoms with E-state index >= 15 is 0 Å². The van der Waals surface area contributed by atoms with Gasteiger partial charge in [-0.05, 0) is 43.0 Å². The first-order chi connectivity index (χ1) is 8.60. The van der Waals surface area contributed by atoms with Crippen molar-refractivity contribution in [2.24, 2.45) is 0 Å². The number of thioether (sulfide) groups is 1. The second kappa shape index (κ2) is 7.67. The van der Waals surface area contributed by atoms with E-state index in [9.17, 15) is 9.90 Å². The molecule has 0 unspecified atom stereocenters. The molecule has 0 aliphatic rings. The lowest BCUT2D eigenvalue weighted by molar-refractivity contribution is 0.0915. The molecule has 1 atom stereocenters. The fourth-order valence-electron chi connectivity index (χ4n) is 1.59. The normalized spacial score (nSPS) is 12.2. The average molecular weight is 288 g/mol. The summed E-state index contributed by atoms with van der Waals surface area (Å²) in [4.78, 5) is 12.1. The lowest BCUT2D eigenvalue weighted by Crippen LogP contribution is -2.38. The van der Waals surface area contributed by atoms with Crippen molar-refractivity contribution >= 4 is 29.3 Å². The molecule has 0 spiro atoms. The molecule has 18 heavy (non-hydrogen) atoms. The van der Waals surface area contributed by atoms with Crippen LogP contribution in [0.1, 0.15) is 22.3 Å². The SMILES string of the molecule is CSCC[C@H](CO)NC(=O)c1cccc(Cl)c1C. The van der Waals surface area contributed by atoms with Crippen LogP contribution in [0.15, 0.2) is 18.2 Å². The summed E-state index contributed by atoms with van der Waals surface area (Å²) >= 11 is 7.67. The molecular weight excluding hydrogens is 270 g/mol. The number of aliphatic hydroxyl groups excluding tert-OH is 1. The van der Waals surface area contributed by atoms with Crippen molar-refractivity contribution in [2.75, 3.05) is 18.6 Å². The number of carbonyl (C=O) groups is 1. The fraction of sp³-hybridized carbons (Fsp3) is 0.462. The van der Waals surface area contributed by atoms with Gasteiger partial charge in [0.25, 0.3) is 5.91 Å². The number of rotatable bonds is 6. The Kier molecular flexibility index (Phi) is 6.54. The highest BCUT2D eigenvalue weighted by molar-refractivity contribution is 7.98. The number of hydrogen-bond acceptors (Lipinski definition) is 3. The van der Waals surface area contributed by atoms with Crippen LogP contribution in [0.3, 0.4) is 0 Å². The number of nitrogens with one attached hydrogen (secondary N) is 1. The summed E-state index contributed by atoms with van der Waals surface area (Å²) < 4.78 is 0. The van der Waals surface area contributed by atoms with Crippen LogP contribution in [0, 0.1) is 6.92 Å². The van der Waals surface area contributed by atoms with Gasteiger partial charge in [-0.3, -0.25) is 4.79 Å². The number of halogens is 1. The van der Waals surface area contributed by atoms with Crippen molar-refractivity contribution in [2.45, 2.75) is 19.4 Å². The number of carbonyl (C=O) groups excluding carboxylic acids is 1. The topological polar surface area (TPSA) is 49.3 Å². The van der Waals surface area contributed by atoms with Gasteiger partial charge in [-0.2, -0.15) is 11.8 Å². The van der Waals surface area contributed by atoms with Crippen LogP contribution >= 0.6 is 23.4 Å². The van der Waals surface area contributed by atoms with Crippen molar-refractivity contribution in [1.82, 2.24) is 5.32 Å². The lowest BCUT2D eigenvalue weighted by atomic mass is 10.1. The number of hydrogen-bond donors (Lipinski definition) is 2. The van der Waals surface area contributed by atoms with E-state index in [2.05, 4.69) is 5.32 Å². The van der Waals surface area contributed by atoms with Crippen LogP contribution in [-0.4, -0.2) is 35.7 Å². The largest absolute Gasteiger partial charge is 0.394 e. The summed E-state index contributed by atoms with van der Waals surface area (Å²) in [6, 6.07) is 5.04.